The Hall–Kier alpha value is -2.35. The van der Waals surface area contributed by atoms with Crippen LogP contribution in [0.4, 0.5) is 0 Å². The number of nitrogens with zero attached hydrogens (tertiary/aromatic N) is 2. The van der Waals surface area contributed by atoms with Gasteiger partial charge in [0.05, 0.1) is 18.6 Å². The van der Waals surface area contributed by atoms with Gasteiger partial charge in [-0.15, -0.1) is 0 Å². The molecule has 0 radical (unpaired) electrons. The first kappa shape index (κ1) is 17.7. The molecule has 0 unspecified atom stereocenters. The third kappa shape index (κ3) is 5.96. The molecule has 0 spiro atoms. The Kier molecular flexibility index (Phi) is 7.11. The van der Waals surface area contributed by atoms with Crippen molar-refractivity contribution in [3.05, 3.63) is 29.8 Å². The Morgan fingerprint density at radius 2 is 2.14 bits per heavy atom. The van der Waals surface area contributed by atoms with Crippen molar-refractivity contribution >= 4 is 11.7 Å². The Morgan fingerprint density at radius 3 is 2.77 bits per heavy atom. The molecule has 118 valence electrons. The Bertz CT molecular complexity index is 563. The first-order chi connectivity index (χ1) is 10.4. The zero-order chi connectivity index (χ0) is 16.5. The van der Waals surface area contributed by atoms with Gasteiger partial charge in [0.25, 0.3) is 0 Å². The minimum atomic E-state index is -0.167. The summed E-state index contributed by atoms with van der Waals surface area (Å²) in [6.45, 7) is 4.15. The van der Waals surface area contributed by atoms with Crippen LogP contribution in [-0.4, -0.2) is 36.8 Å². The lowest BCUT2D eigenvalue weighted by atomic mass is 10.1. The maximum Gasteiger partial charge on any atom is 0.222 e. The fourth-order valence-corrected chi connectivity index (χ4v) is 1.96. The number of carbonyl (C=O) groups is 2. The zero-order valence-corrected chi connectivity index (χ0v) is 13.3. The minimum absolute atomic E-state index is 0.00295. The molecule has 1 aromatic carbocycles. The molecule has 0 saturated heterocycles. The van der Waals surface area contributed by atoms with E-state index in [2.05, 4.69) is 6.07 Å². The summed E-state index contributed by atoms with van der Waals surface area (Å²) < 4.78 is 5.55. The standard InChI is InChI=1S/C17H22N2O3/c1-13(11-18)12-19(3)17(21)8-5-9-22-16-7-4-6-15(10-16)14(2)20/h4,6-7,10,13H,5,8-9,12H2,1-3H3/t13-/m1/s1. The molecule has 1 aromatic rings. The van der Waals surface area contributed by atoms with Crippen LogP contribution in [-0.2, 0) is 4.79 Å². The summed E-state index contributed by atoms with van der Waals surface area (Å²) >= 11 is 0. The number of nitriles is 1. The molecular weight excluding hydrogens is 280 g/mol. The van der Waals surface area contributed by atoms with E-state index >= 15 is 0 Å². The molecule has 22 heavy (non-hydrogen) atoms. The van der Waals surface area contributed by atoms with Crippen molar-refractivity contribution in [2.75, 3.05) is 20.2 Å². The van der Waals surface area contributed by atoms with Crippen LogP contribution in [0.25, 0.3) is 0 Å². The first-order valence-electron chi connectivity index (χ1n) is 7.31. The lowest BCUT2D eigenvalue weighted by Gasteiger charge is -2.18. The number of ketones is 1. The summed E-state index contributed by atoms with van der Waals surface area (Å²) in [5.74, 6) is 0.461. The highest BCUT2D eigenvalue weighted by Crippen LogP contribution is 2.14. The molecule has 5 heteroatoms. The summed E-state index contributed by atoms with van der Waals surface area (Å²) in [5, 5.41) is 8.74. The Balaban J connectivity index is 2.33. The Labute approximate surface area is 131 Å². The number of hydrogen-bond acceptors (Lipinski definition) is 4. The molecule has 1 atom stereocenters. The van der Waals surface area contributed by atoms with E-state index in [0.717, 1.165) is 0 Å². The van der Waals surface area contributed by atoms with Gasteiger partial charge in [-0.3, -0.25) is 9.59 Å². The monoisotopic (exact) mass is 302 g/mol. The van der Waals surface area contributed by atoms with Crippen LogP contribution in [0.5, 0.6) is 5.75 Å². The second-order valence-corrected chi connectivity index (χ2v) is 5.34. The van der Waals surface area contributed by atoms with Crippen LogP contribution in [0.1, 0.15) is 37.0 Å². The van der Waals surface area contributed by atoms with Crippen molar-refractivity contribution < 1.29 is 14.3 Å². The normalized spacial score (nSPS) is 11.4. The first-order valence-corrected chi connectivity index (χ1v) is 7.31. The SMILES string of the molecule is CC(=O)c1cccc(OCCCC(=O)N(C)C[C@H](C)C#N)c1. The molecule has 0 aliphatic carbocycles. The smallest absolute Gasteiger partial charge is 0.222 e. The molecule has 0 heterocycles. The number of Topliss-reactive ketones (excluding diaryl/α,β-unsaturated/α-hetero) is 1. The van der Waals surface area contributed by atoms with E-state index < -0.39 is 0 Å². The molecule has 0 aliphatic rings. The van der Waals surface area contributed by atoms with Crippen molar-refractivity contribution in [1.29, 1.82) is 5.26 Å². The van der Waals surface area contributed by atoms with Crippen molar-refractivity contribution in [2.45, 2.75) is 26.7 Å². The lowest BCUT2D eigenvalue weighted by Crippen LogP contribution is -2.30. The van der Waals surface area contributed by atoms with Crippen molar-refractivity contribution in [3.63, 3.8) is 0 Å². The number of ether oxygens (including phenoxy) is 1. The van der Waals surface area contributed by atoms with Gasteiger partial charge in [0, 0.05) is 25.6 Å². The second-order valence-electron chi connectivity index (χ2n) is 5.34. The van der Waals surface area contributed by atoms with Gasteiger partial charge in [0.2, 0.25) is 5.91 Å². The van der Waals surface area contributed by atoms with Crippen LogP contribution in [0, 0.1) is 17.2 Å². The van der Waals surface area contributed by atoms with Gasteiger partial charge in [-0.05, 0) is 32.4 Å². The maximum atomic E-state index is 11.9. The summed E-state index contributed by atoms with van der Waals surface area (Å²) in [4.78, 5) is 24.7. The molecule has 0 fully saturated rings. The number of benzene rings is 1. The summed E-state index contributed by atoms with van der Waals surface area (Å²) in [6.07, 6.45) is 0.968. The average Bonchev–Trinajstić information content (AvgIpc) is 2.51. The van der Waals surface area contributed by atoms with E-state index in [0.29, 0.717) is 37.3 Å². The Morgan fingerprint density at radius 1 is 1.41 bits per heavy atom. The van der Waals surface area contributed by atoms with Gasteiger partial charge in [0.15, 0.2) is 5.78 Å². The van der Waals surface area contributed by atoms with Crippen LogP contribution in [0.15, 0.2) is 24.3 Å². The molecule has 5 nitrogen and oxygen atoms in total. The molecule has 1 rings (SSSR count). The molecule has 0 aromatic heterocycles. The molecule has 0 N–H and O–H groups in total. The fourth-order valence-electron chi connectivity index (χ4n) is 1.96. The number of hydrogen-bond donors (Lipinski definition) is 0. The van der Waals surface area contributed by atoms with Gasteiger partial charge in [0.1, 0.15) is 5.75 Å². The van der Waals surface area contributed by atoms with E-state index in [9.17, 15) is 9.59 Å². The minimum Gasteiger partial charge on any atom is -0.494 e. The number of carbonyl (C=O) groups excluding carboxylic acids is 2. The maximum absolute atomic E-state index is 11.9. The highest BCUT2D eigenvalue weighted by molar-refractivity contribution is 5.94. The van der Waals surface area contributed by atoms with Crippen LogP contribution in [0.3, 0.4) is 0 Å². The van der Waals surface area contributed by atoms with E-state index in [1.54, 1.807) is 43.1 Å². The van der Waals surface area contributed by atoms with Gasteiger partial charge in [-0.1, -0.05) is 12.1 Å². The van der Waals surface area contributed by atoms with Gasteiger partial charge >= 0.3 is 0 Å². The van der Waals surface area contributed by atoms with E-state index in [1.165, 1.54) is 6.92 Å². The van der Waals surface area contributed by atoms with E-state index in [-0.39, 0.29) is 17.6 Å². The second kappa shape index (κ2) is 8.83. The van der Waals surface area contributed by atoms with Crippen molar-refractivity contribution in [1.82, 2.24) is 4.90 Å². The third-order valence-corrected chi connectivity index (χ3v) is 3.24. The molecular formula is C17H22N2O3. The van der Waals surface area contributed by atoms with E-state index in [1.807, 2.05) is 0 Å². The van der Waals surface area contributed by atoms with Gasteiger partial charge in [-0.25, -0.2) is 0 Å². The number of rotatable bonds is 8. The summed E-state index contributed by atoms with van der Waals surface area (Å²) in [7, 11) is 1.70. The average molecular weight is 302 g/mol. The molecule has 0 aliphatic heterocycles. The topological polar surface area (TPSA) is 70.4 Å². The number of amides is 1. The summed E-state index contributed by atoms with van der Waals surface area (Å²) in [5.41, 5.74) is 0.610. The largest absolute Gasteiger partial charge is 0.494 e. The zero-order valence-electron chi connectivity index (χ0n) is 13.3. The van der Waals surface area contributed by atoms with E-state index in [4.69, 9.17) is 10.00 Å². The van der Waals surface area contributed by atoms with Crippen LogP contribution in [0.2, 0.25) is 0 Å². The quantitative estimate of drug-likeness (QED) is 0.547. The van der Waals surface area contributed by atoms with Crippen LogP contribution < -0.4 is 4.74 Å². The molecule has 1 amide bonds. The van der Waals surface area contributed by atoms with Gasteiger partial charge < -0.3 is 9.64 Å². The predicted octanol–water partition coefficient (Wildman–Crippen LogP) is 2.67. The summed E-state index contributed by atoms with van der Waals surface area (Å²) in [6, 6.07) is 9.11. The molecule has 0 saturated carbocycles. The fraction of sp³-hybridized carbons (Fsp3) is 0.471. The highest BCUT2D eigenvalue weighted by Gasteiger charge is 2.11. The molecule has 0 bridgehead atoms. The van der Waals surface area contributed by atoms with Crippen LogP contribution >= 0.6 is 0 Å². The predicted molar refractivity (Wildman–Crippen MR) is 83.6 cm³/mol. The lowest BCUT2D eigenvalue weighted by molar-refractivity contribution is -0.130. The van der Waals surface area contributed by atoms with Crippen molar-refractivity contribution in [2.24, 2.45) is 5.92 Å². The highest BCUT2D eigenvalue weighted by atomic mass is 16.5. The van der Waals surface area contributed by atoms with Gasteiger partial charge in [-0.2, -0.15) is 5.26 Å². The third-order valence-electron chi connectivity index (χ3n) is 3.24. The van der Waals surface area contributed by atoms with Crippen molar-refractivity contribution in [3.8, 4) is 11.8 Å².